The molecule has 0 spiro atoms. The van der Waals surface area contributed by atoms with Gasteiger partial charge in [0, 0.05) is 31.2 Å². The lowest BCUT2D eigenvalue weighted by molar-refractivity contribution is 0.0957. The minimum atomic E-state index is -0.148. The third-order valence-electron chi connectivity index (χ3n) is 3.13. The summed E-state index contributed by atoms with van der Waals surface area (Å²) in [5.74, 6) is 0.602. The maximum absolute atomic E-state index is 11.7. The summed E-state index contributed by atoms with van der Waals surface area (Å²) in [6, 6.07) is 7.63. The minimum absolute atomic E-state index is 0.148. The van der Waals surface area contributed by atoms with E-state index >= 15 is 0 Å². The molecule has 0 saturated heterocycles. The second-order valence-corrected chi connectivity index (χ2v) is 4.92. The van der Waals surface area contributed by atoms with Gasteiger partial charge in [-0.15, -0.1) is 6.58 Å². The van der Waals surface area contributed by atoms with Crippen molar-refractivity contribution >= 4 is 11.7 Å². The first-order chi connectivity index (χ1) is 10.7. The minimum Gasteiger partial charge on any atom is -0.370 e. The van der Waals surface area contributed by atoms with Gasteiger partial charge in [-0.2, -0.15) is 0 Å². The van der Waals surface area contributed by atoms with Gasteiger partial charge < -0.3 is 10.6 Å². The molecule has 114 valence electrons. The number of amides is 1. The van der Waals surface area contributed by atoms with E-state index in [0.717, 1.165) is 24.5 Å². The third kappa shape index (κ3) is 4.70. The fourth-order valence-electron chi connectivity index (χ4n) is 1.88. The van der Waals surface area contributed by atoms with Crippen LogP contribution in [0.15, 0.2) is 49.3 Å². The summed E-state index contributed by atoms with van der Waals surface area (Å²) in [4.78, 5) is 20.2. The quantitative estimate of drug-likeness (QED) is 0.770. The highest BCUT2D eigenvalue weighted by Crippen LogP contribution is 2.06. The lowest BCUT2D eigenvalue weighted by Crippen LogP contribution is -2.23. The summed E-state index contributed by atoms with van der Waals surface area (Å²) in [7, 11) is 0. The van der Waals surface area contributed by atoms with Crippen molar-refractivity contribution < 1.29 is 4.79 Å². The van der Waals surface area contributed by atoms with Crippen molar-refractivity contribution in [3.63, 3.8) is 0 Å². The molecule has 2 aromatic rings. The molecule has 2 rings (SSSR count). The highest BCUT2D eigenvalue weighted by Gasteiger charge is 2.04. The number of anilines is 1. The molecule has 5 nitrogen and oxygen atoms in total. The number of pyridine rings is 2. The maximum Gasteiger partial charge on any atom is 0.253 e. The lowest BCUT2D eigenvalue weighted by Gasteiger charge is -2.07. The number of carbonyl (C=O) groups is 1. The Morgan fingerprint density at radius 3 is 2.73 bits per heavy atom. The van der Waals surface area contributed by atoms with Gasteiger partial charge in [0.05, 0.1) is 5.56 Å². The van der Waals surface area contributed by atoms with Crippen LogP contribution in [0.2, 0.25) is 0 Å². The molecular weight excluding hydrogens is 276 g/mol. The van der Waals surface area contributed by atoms with Crippen molar-refractivity contribution in [2.75, 3.05) is 18.4 Å². The summed E-state index contributed by atoms with van der Waals surface area (Å²) in [5.41, 5.74) is 2.73. The van der Waals surface area contributed by atoms with Crippen molar-refractivity contribution in [1.29, 1.82) is 0 Å². The number of hydrogen-bond donors (Lipinski definition) is 2. The molecule has 22 heavy (non-hydrogen) atoms. The first-order valence-electron chi connectivity index (χ1n) is 7.19. The van der Waals surface area contributed by atoms with Gasteiger partial charge >= 0.3 is 0 Å². The molecule has 5 heteroatoms. The van der Waals surface area contributed by atoms with Crippen molar-refractivity contribution in [3.8, 4) is 0 Å². The van der Waals surface area contributed by atoms with Gasteiger partial charge in [0.1, 0.15) is 5.82 Å². The Labute approximate surface area is 130 Å². The molecule has 0 aliphatic carbocycles. The molecule has 0 atom stereocenters. The Hall–Kier alpha value is -2.69. The third-order valence-corrected chi connectivity index (χ3v) is 3.13. The maximum atomic E-state index is 11.7. The molecular formula is C17H20N4O. The van der Waals surface area contributed by atoms with Crippen LogP contribution in [0.25, 0.3) is 0 Å². The fraction of sp³-hybridized carbons (Fsp3) is 0.235. The highest BCUT2D eigenvalue weighted by atomic mass is 16.1. The summed E-state index contributed by atoms with van der Waals surface area (Å²) >= 11 is 0. The molecule has 0 saturated carbocycles. The normalized spacial score (nSPS) is 10.0. The molecule has 2 N–H and O–H groups in total. The van der Waals surface area contributed by atoms with E-state index in [1.54, 1.807) is 24.4 Å². The summed E-state index contributed by atoms with van der Waals surface area (Å²) in [5, 5.41) is 5.94. The Morgan fingerprint density at radius 2 is 2.09 bits per heavy atom. The SMILES string of the molecule is C=CCNC(=O)c1ccc(NCCc2ccc(C)nc2)nc1. The van der Waals surface area contributed by atoms with Gasteiger partial charge in [0.25, 0.3) is 5.91 Å². The highest BCUT2D eigenvalue weighted by molar-refractivity contribution is 5.94. The zero-order valence-corrected chi connectivity index (χ0v) is 12.7. The molecule has 0 bridgehead atoms. The van der Waals surface area contributed by atoms with E-state index in [9.17, 15) is 4.79 Å². The number of hydrogen-bond acceptors (Lipinski definition) is 4. The Kier molecular flexibility index (Phi) is 5.65. The van der Waals surface area contributed by atoms with E-state index in [1.807, 2.05) is 19.2 Å². The average molecular weight is 296 g/mol. The second-order valence-electron chi connectivity index (χ2n) is 4.92. The largest absolute Gasteiger partial charge is 0.370 e. The summed E-state index contributed by atoms with van der Waals surface area (Å²) in [6.07, 6.45) is 5.96. The average Bonchev–Trinajstić information content (AvgIpc) is 2.55. The number of nitrogens with zero attached hydrogens (tertiary/aromatic N) is 2. The van der Waals surface area contributed by atoms with Crippen LogP contribution in [-0.2, 0) is 6.42 Å². The Morgan fingerprint density at radius 1 is 1.23 bits per heavy atom. The van der Waals surface area contributed by atoms with E-state index in [4.69, 9.17) is 0 Å². The predicted molar refractivity (Wildman–Crippen MR) is 87.9 cm³/mol. The van der Waals surface area contributed by atoms with Gasteiger partial charge in [0.2, 0.25) is 0 Å². The summed E-state index contributed by atoms with van der Waals surface area (Å²) < 4.78 is 0. The number of aryl methyl sites for hydroxylation is 1. The van der Waals surface area contributed by atoms with Gasteiger partial charge in [-0.3, -0.25) is 9.78 Å². The van der Waals surface area contributed by atoms with Crippen molar-refractivity contribution in [3.05, 3.63) is 66.1 Å². The number of nitrogens with one attached hydrogen (secondary N) is 2. The van der Waals surface area contributed by atoms with Crippen molar-refractivity contribution in [2.45, 2.75) is 13.3 Å². The van der Waals surface area contributed by atoms with Crippen LogP contribution >= 0.6 is 0 Å². The Bertz CT molecular complexity index is 620. The molecule has 0 fully saturated rings. The molecule has 0 radical (unpaired) electrons. The molecule has 0 aliphatic rings. The van der Waals surface area contributed by atoms with Crippen LogP contribution in [0.4, 0.5) is 5.82 Å². The van der Waals surface area contributed by atoms with E-state index in [0.29, 0.717) is 12.1 Å². The molecule has 1 amide bonds. The Balaban J connectivity index is 1.82. The van der Waals surface area contributed by atoms with Gasteiger partial charge in [-0.05, 0) is 37.1 Å². The van der Waals surface area contributed by atoms with Gasteiger partial charge in [-0.1, -0.05) is 12.1 Å². The van der Waals surface area contributed by atoms with E-state index in [1.165, 1.54) is 5.56 Å². The molecule has 0 aromatic carbocycles. The van der Waals surface area contributed by atoms with Crippen molar-refractivity contribution in [2.24, 2.45) is 0 Å². The van der Waals surface area contributed by atoms with E-state index in [2.05, 4.69) is 33.2 Å². The summed E-state index contributed by atoms with van der Waals surface area (Å²) in [6.45, 7) is 6.74. The standard InChI is InChI=1S/C17H20N4O/c1-3-9-19-17(22)15-6-7-16(21-12-15)18-10-8-14-5-4-13(2)20-11-14/h3-7,11-12H,1,8-10H2,2H3,(H,18,21)(H,19,22). The fourth-order valence-corrected chi connectivity index (χ4v) is 1.88. The number of aromatic nitrogens is 2. The molecule has 2 aromatic heterocycles. The van der Waals surface area contributed by atoms with Gasteiger partial charge in [0.15, 0.2) is 0 Å². The van der Waals surface area contributed by atoms with Crippen LogP contribution in [-0.4, -0.2) is 29.0 Å². The van der Waals surface area contributed by atoms with Crippen LogP contribution in [0.5, 0.6) is 0 Å². The smallest absolute Gasteiger partial charge is 0.253 e. The van der Waals surface area contributed by atoms with E-state index < -0.39 is 0 Å². The zero-order chi connectivity index (χ0) is 15.8. The second kappa shape index (κ2) is 7.93. The zero-order valence-electron chi connectivity index (χ0n) is 12.7. The van der Waals surface area contributed by atoms with Gasteiger partial charge in [-0.25, -0.2) is 4.98 Å². The van der Waals surface area contributed by atoms with Crippen molar-refractivity contribution in [1.82, 2.24) is 15.3 Å². The van der Waals surface area contributed by atoms with E-state index in [-0.39, 0.29) is 5.91 Å². The van der Waals surface area contributed by atoms with Crippen LogP contribution in [0.1, 0.15) is 21.6 Å². The topological polar surface area (TPSA) is 66.9 Å². The first kappa shape index (κ1) is 15.7. The molecule has 0 unspecified atom stereocenters. The number of rotatable bonds is 7. The number of carbonyl (C=O) groups excluding carboxylic acids is 1. The van der Waals surface area contributed by atoms with Crippen LogP contribution in [0.3, 0.4) is 0 Å². The van der Waals surface area contributed by atoms with Crippen LogP contribution < -0.4 is 10.6 Å². The van der Waals surface area contributed by atoms with Crippen LogP contribution in [0, 0.1) is 6.92 Å². The predicted octanol–water partition coefficient (Wildman–Crippen LogP) is 2.36. The molecule has 2 heterocycles. The monoisotopic (exact) mass is 296 g/mol. The lowest BCUT2D eigenvalue weighted by atomic mass is 10.2. The molecule has 0 aliphatic heterocycles. The first-order valence-corrected chi connectivity index (χ1v) is 7.19.